The Morgan fingerprint density at radius 2 is 1.73 bits per heavy atom. The average Bonchev–Trinajstić information content (AvgIpc) is 2.54. The number of nitrogens with zero attached hydrogens (tertiary/aromatic N) is 5. The lowest BCUT2D eigenvalue weighted by Gasteiger charge is -2.22. The number of ether oxygens (including phenoxy) is 3. The van der Waals surface area contributed by atoms with Crippen molar-refractivity contribution in [2.45, 2.75) is 0 Å². The van der Waals surface area contributed by atoms with Crippen molar-refractivity contribution in [3.63, 3.8) is 0 Å². The summed E-state index contributed by atoms with van der Waals surface area (Å²) < 4.78 is 15.0. The number of aliphatic hydroxyl groups is 1. The largest absolute Gasteiger partial charge is 0.376 e. The van der Waals surface area contributed by atoms with E-state index in [2.05, 4.69) is 20.3 Å². The van der Waals surface area contributed by atoms with Crippen LogP contribution >= 0.6 is 0 Å². The van der Waals surface area contributed by atoms with E-state index in [-0.39, 0.29) is 38.0 Å². The molecule has 0 aliphatic rings. The summed E-state index contributed by atoms with van der Waals surface area (Å²) in [5, 5.41) is 12.0. The van der Waals surface area contributed by atoms with E-state index in [0.717, 1.165) is 4.90 Å². The number of hydrogen-bond donors (Lipinski definition) is 2. The summed E-state index contributed by atoms with van der Waals surface area (Å²) >= 11 is 0. The maximum absolute atomic E-state index is 11.0. The van der Waals surface area contributed by atoms with Gasteiger partial charge in [0.1, 0.15) is 26.9 Å². The maximum atomic E-state index is 11.0. The van der Waals surface area contributed by atoms with Crippen LogP contribution in [0.25, 0.3) is 0 Å². The number of anilines is 3. The Kier molecular flexibility index (Phi) is 7.99. The minimum absolute atomic E-state index is 0.0155. The Labute approximate surface area is 127 Å². The van der Waals surface area contributed by atoms with Crippen LogP contribution < -0.4 is 15.1 Å². The number of hydrogen-bond acceptors (Lipinski definition) is 10. The highest BCUT2D eigenvalue weighted by atomic mass is 16.5. The van der Waals surface area contributed by atoms with E-state index in [4.69, 9.17) is 19.3 Å². The molecule has 1 heterocycles. The molecule has 0 radical (unpaired) electrons. The first kappa shape index (κ1) is 18.0. The van der Waals surface area contributed by atoms with E-state index in [9.17, 15) is 4.79 Å². The summed E-state index contributed by atoms with van der Waals surface area (Å²) in [6, 6.07) is 0. The molecule has 1 rings (SSSR count). The molecule has 0 fully saturated rings. The van der Waals surface area contributed by atoms with Gasteiger partial charge in [-0.3, -0.25) is 14.6 Å². The monoisotopic (exact) mass is 316 g/mol. The molecule has 1 aromatic heterocycles. The van der Waals surface area contributed by atoms with Crippen LogP contribution in [-0.4, -0.2) is 74.7 Å². The second-order valence-corrected chi connectivity index (χ2v) is 3.96. The van der Waals surface area contributed by atoms with Crippen molar-refractivity contribution in [1.82, 2.24) is 15.0 Å². The summed E-state index contributed by atoms with van der Waals surface area (Å²) in [7, 11) is 4.53. The summed E-state index contributed by atoms with van der Waals surface area (Å²) in [6.07, 6.45) is 0.413. The van der Waals surface area contributed by atoms with Crippen molar-refractivity contribution in [1.29, 1.82) is 0 Å². The standard InChI is InChI=1S/C11H20N6O5/c1-20-4-12-9-13-10(16(5-18)6-19)15-11(14-9)17(7-21-2)8-22-3/h5,19H,4,6-8H2,1-3H3,(H,12,13,14,15). The van der Waals surface area contributed by atoms with Gasteiger partial charge in [-0.2, -0.15) is 15.0 Å². The lowest BCUT2D eigenvalue weighted by atomic mass is 10.7. The lowest BCUT2D eigenvalue weighted by Crippen LogP contribution is -2.32. The van der Waals surface area contributed by atoms with Gasteiger partial charge in [-0.1, -0.05) is 0 Å². The molecule has 22 heavy (non-hydrogen) atoms. The quantitative estimate of drug-likeness (QED) is 0.381. The van der Waals surface area contributed by atoms with E-state index in [1.807, 2.05) is 0 Å². The topological polar surface area (TPSA) is 122 Å². The van der Waals surface area contributed by atoms with Crippen molar-refractivity contribution in [2.24, 2.45) is 0 Å². The number of aliphatic hydroxyl groups excluding tert-OH is 1. The summed E-state index contributed by atoms with van der Waals surface area (Å²) in [4.78, 5) is 25.8. The molecule has 0 bridgehead atoms. The van der Waals surface area contributed by atoms with Gasteiger partial charge >= 0.3 is 0 Å². The van der Waals surface area contributed by atoms with Crippen molar-refractivity contribution < 1.29 is 24.1 Å². The van der Waals surface area contributed by atoms with Gasteiger partial charge in [0.2, 0.25) is 24.3 Å². The molecule has 124 valence electrons. The van der Waals surface area contributed by atoms with E-state index < -0.39 is 6.73 Å². The number of aromatic nitrogens is 3. The second-order valence-electron chi connectivity index (χ2n) is 3.96. The smallest absolute Gasteiger partial charge is 0.240 e. The SMILES string of the molecule is COCNc1nc(N(C=O)CO)nc(N(COC)COC)n1. The zero-order valence-corrected chi connectivity index (χ0v) is 12.7. The normalized spacial score (nSPS) is 10.4. The Balaban J connectivity index is 3.16. The molecule has 1 amide bonds. The fourth-order valence-electron chi connectivity index (χ4n) is 1.45. The first-order valence-electron chi connectivity index (χ1n) is 6.24. The van der Waals surface area contributed by atoms with Crippen LogP contribution in [0.1, 0.15) is 0 Å². The van der Waals surface area contributed by atoms with Gasteiger partial charge in [-0.25, -0.2) is 0 Å². The van der Waals surface area contributed by atoms with Gasteiger partial charge in [-0.05, 0) is 0 Å². The molecule has 1 aromatic rings. The molecular weight excluding hydrogens is 296 g/mol. The molecule has 0 unspecified atom stereocenters. The lowest BCUT2D eigenvalue weighted by molar-refractivity contribution is -0.108. The van der Waals surface area contributed by atoms with Crippen LogP contribution in [0.4, 0.5) is 17.8 Å². The molecular formula is C11H20N6O5. The highest BCUT2D eigenvalue weighted by Crippen LogP contribution is 2.15. The Bertz CT molecular complexity index is 457. The van der Waals surface area contributed by atoms with Crippen LogP contribution in [0.2, 0.25) is 0 Å². The molecule has 0 spiro atoms. The Morgan fingerprint density at radius 1 is 1.09 bits per heavy atom. The predicted molar refractivity (Wildman–Crippen MR) is 77.2 cm³/mol. The van der Waals surface area contributed by atoms with Gasteiger partial charge in [0.05, 0.1) is 0 Å². The van der Waals surface area contributed by atoms with Gasteiger partial charge < -0.3 is 24.6 Å². The van der Waals surface area contributed by atoms with Crippen LogP contribution in [0.15, 0.2) is 0 Å². The molecule has 0 saturated carbocycles. The third-order valence-corrected chi connectivity index (χ3v) is 2.38. The summed E-state index contributed by atoms with van der Waals surface area (Å²) in [6.45, 7) is -0.0641. The van der Waals surface area contributed by atoms with Crippen molar-refractivity contribution in [2.75, 3.05) is 63.4 Å². The molecule has 2 N–H and O–H groups in total. The Hall–Kier alpha value is -2.08. The van der Waals surface area contributed by atoms with Crippen molar-refractivity contribution in [3.05, 3.63) is 0 Å². The maximum Gasteiger partial charge on any atom is 0.240 e. The fraction of sp³-hybridized carbons (Fsp3) is 0.636. The zero-order valence-electron chi connectivity index (χ0n) is 12.7. The third kappa shape index (κ3) is 5.04. The number of rotatable bonds is 11. The zero-order chi connectivity index (χ0) is 16.4. The van der Waals surface area contributed by atoms with Crippen LogP contribution in [-0.2, 0) is 19.0 Å². The van der Waals surface area contributed by atoms with Crippen molar-refractivity contribution in [3.8, 4) is 0 Å². The molecule has 0 aliphatic heterocycles. The van der Waals surface area contributed by atoms with Gasteiger partial charge in [0.15, 0.2) is 0 Å². The third-order valence-electron chi connectivity index (χ3n) is 2.38. The molecule has 0 atom stereocenters. The minimum Gasteiger partial charge on any atom is -0.376 e. The van der Waals surface area contributed by atoms with E-state index in [1.54, 1.807) is 4.90 Å². The molecule has 0 aliphatic carbocycles. The van der Waals surface area contributed by atoms with Crippen LogP contribution in [0.5, 0.6) is 0 Å². The average molecular weight is 316 g/mol. The number of carbonyl (C=O) groups excluding carboxylic acids is 1. The van der Waals surface area contributed by atoms with E-state index >= 15 is 0 Å². The van der Waals surface area contributed by atoms with Crippen molar-refractivity contribution >= 4 is 24.3 Å². The number of methoxy groups -OCH3 is 3. The van der Waals surface area contributed by atoms with Gasteiger partial charge in [-0.15, -0.1) is 0 Å². The molecule has 0 saturated heterocycles. The van der Waals surface area contributed by atoms with Gasteiger partial charge in [0.25, 0.3) is 0 Å². The Morgan fingerprint density at radius 3 is 2.23 bits per heavy atom. The van der Waals surface area contributed by atoms with Crippen LogP contribution in [0, 0.1) is 0 Å². The van der Waals surface area contributed by atoms with E-state index in [1.165, 1.54) is 21.3 Å². The number of carbonyl (C=O) groups is 1. The molecule has 11 nitrogen and oxygen atoms in total. The minimum atomic E-state index is -0.564. The summed E-state index contributed by atoms with van der Waals surface area (Å²) in [5.41, 5.74) is 0. The number of amides is 1. The predicted octanol–water partition coefficient (Wildman–Crippen LogP) is -1.19. The van der Waals surface area contributed by atoms with Crippen LogP contribution in [0.3, 0.4) is 0 Å². The highest BCUT2D eigenvalue weighted by Gasteiger charge is 2.16. The van der Waals surface area contributed by atoms with Gasteiger partial charge in [0, 0.05) is 21.3 Å². The summed E-state index contributed by atoms with van der Waals surface area (Å²) in [5.74, 6) is 0.380. The fourth-order valence-corrected chi connectivity index (χ4v) is 1.45. The molecule has 0 aromatic carbocycles. The van der Waals surface area contributed by atoms with E-state index in [0.29, 0.717) is 6.41 Å². The second kappa shape index (κ2) is 9.78. The first-order chi connectivity index (χ1) is 10.7. The molecule has 11 heteroatoms. The first-order valence-corrected chi connectivity index (χ1v) is 6.24. The highest BCUT2D eigenvalue weighted by molar-refractivity contribution is 5.71. The number of nitrogens with one attached hydrogen (secondary N) is 1.